The number of hydrogen-bond acceptors (Lipinski definition) is 9. The van der Waals surface area contributed by atoms with Crippen LogP contribution in [-0.2, 0) is 20.4 Å². The van der Waals surface area contributed by atoms with Crippen molar-refractivity contribution in [2.24, 2.45) is 0 Å². The molecule has 3 heterocycles. The van der Waals surface area contributed by atoms with Crippen molar-refractivity contribution in [2.45, 2.75) is 31.8 Å². The number of nitrogens with zero attached hydrogens (tertiary/aromatic N) is 5. The summed E-state index contributed by atoms with van der Waals surface area (Å²) in [5.41, 5.74) is 0.947. The Kier molecular flexibility index (Phi) is 9.58. The zero-order chi connectivity index (χ0) is 30.4. The molecule has 43 heavy (non-hydrogen) atoms. The molecule has 2 aromatic carbocycles. The summed E-state index contributed by atoms with van der Waals surface area (Å²) in [4.78, 5) is 41.0. The van der Waals surface area contributed by atoms with Crippen LogP contribution in [-0.4, -0.2) is 72.7 Å². The summed E-state index contributed by atoms with van der Waals surface area (Å²) < 4.78 is 50.2. The molecule has 1 aliphatic heterocycles. The Morgan fingerprint density at radius 3 is 2.88 bits per heavy atom. The van der Waals surface area contributed by atoms with Crippen LogP contribution in [0.1, 0.15) is 19.3 Å². The fourth-order valence-electron chi connectivity index (χ4n) is 4.83. The van der Waals surface area contributed by atoms with E-state index in [4.69, 9.17) is 14.5 Å². The van der Waals surface area contributed by atoms with Crippen molar-refractivity contribution in [1.29, 1.82) is 0 Å². The Morgan fingerprint density at radius 1 is 1.19 bits per heavy atom. The fourth-order valence-corrected chi connectivity index (χ4v) is 5.20. The maximum atomic E-state index is 13.8. The Labute approximate surface area is 245 Å². The quantitative estimate of drug-likeness (QED) is 0.127. The number of fused-ring (bicyclic) bond motifs is 1. The first-order valence-electron chi connectivity index (χ1n) is 13.5. The van der Waals surface area contributed by atoms with Crippen molar-refractivity contribution in [1.82, 2.24) is 24.6 Å². The van der Waals surface area contributed by atoms with E-state index in [0.717, 1.165) is 43.8 Å². The topological polar surface area (TPSA) is 164 Å². The second kappa shape index (κ2) is 13.5. The van der Waals surface area contributed by atoms with Gasteiger partial charge in [-0.2, -0.15) is 5.10 Å². The first kappa shape index (κ1) is 30.4. The van der Waals surface area contributed by atoms with Crippen molar-refractivity contribution < 1.29 is 37.2 Å². The lowest BCUT2D eigenvalue weighted by molar-refractivity contribution is -0.116. The highest BCUT2D eigenvalue weighted by Crippen LogP contribution is 2.37. The van der Waals surface area contributed by atoms with E-state index < -0.39 is 25.4 Å². The predicted octanol–water partition coefficient (Wildman–Crippen LogP) is 3.83. The molecule has 4 N–H and O–H groups in total. The Bertz CT molecular complexity index is 1630. The molecule has 0 saturated carbocycles. The third kappa shape index (κ3) is 8.30. The van der Waals surface area contributed by atoms with E-state index in [1.54, 1.807) is 12.3 Å². The molecule has 13 nitrogen and oxygen atoms in total. The molecule has 0 radical (unpaired) electrons. The molecular weight excluding hydrogens is 587 g/mol. The number of phosphoric acid groups is 1. The van der Waals surface area contributed by atoms with E-state index in [-0.39, 0.29) is 24.9 Å². The number of amides is 1. The molecule has 0 aliphatic carbocycles. The number of nitrogens with one attached hydrogen (secondary N) is 2. The molecule has 1 aliphatic rings. The molecule has 5 rings (SSSR count). The fraction of sp³-hybridized carbons (Fsp3) is 0.333. The van der Waals surface area contributed by atoms with Crippen LogP contribution in [0.15, 0.2) is 55.1 Å². The number of phosphoric ester groups is 1. The number of aromatic nitrogens is 4. The number of carbonyl (C=O) groups excluding carboxylic acids is 1. The molecule has 1 atom stereocenters. The highest BCUT2D eigenvalue weighted by Gasteiger charge is 2.27. The Morgan fingerprint density at radius 2 is 2.05 bits per heavy atom. The van der Waals surface area contributed by atoms with Crippen LogP contribution in [0.4, 0.5) is 26.0 Å². The summed E-state index contributed by atoms with van der Waals surface area (Å²) in [5.74, 6) is -1.62. The van der Waals surface area contributed by atoms with Gasteiger partial charge in [0.05, 0.1) is 36.3 Å². The summed E-state index contributed by atoms with van der Waals surface area (Å²) in [6.07, 6.45) is 6.99. The average molecular weight is 618 g/mol. The molecule has 1 amide bonds. The maximum absolute atomic E-state index is 13.8. The van der Waals surface area contributed by atoms with E-state index in [1.165, 1.54) is 29.3 Å². The summed E-state index contributed by atoms with van der Waals surface area (Å²) in [6, 6.07) is 8.94. The molecular formula is C27H30F2N7O6P. The number of hydrogen-bond donors (Lipinski definition) is 4. The van der Waals surface area contributed by atoms with Gasteiger partial charge in [-0.15, -0.1) is 0 Å². The van der Waals surface area contributed by atoms with Gasteiger partial charge in [-0.3, -0.25) is 18.9 Å². The van der Waals surface area contributed by atoms with Gasteiger partial charge in [-0.25, -0.2) is 23.3 Å². The molecule has 0 bridgehead atoms. The first-order chi connectivity index (χ1) is 20.6. The van der Waals surface area contributed by atoms with Crippen molar-refractivity contribution in [3.63, 3.8) is 0 Å². The van der Waals surface area contributed by atoms with Gasteiger partial charge in [0, 0.05) is 30.2 Å². The van der Waals surface area contributed by atoms with Crippen LogP contribution in [0.25, 0.3) is 10.9 Å². The zero-order valence-corrected chi connectivity index (χ0v) is 23.8. The first-order valence-corrected chi connectivity index (χ1v) is 15.0. The molecule has 0 spiro atoms. The van der Waals surface area contributed by atoms with Crippen LogP contribution in [0.5, 0.6) is 5.75 Å². The predicted molar refractivity (Wildman–Crippen MR) is 153 cm³/mol. The van der Waals surface area contributed by atoms with Gasteiger partial charge < -0.3 is 25.2 Å². The maximum Gasteiger partial charge on any atom is 0.469 e. The number of halogens is 2. The van der Waals surface area contributed by atoms with E-state index in [2.05, 4.69) is 35.1 Å². The number of ether oxygens (including phenoxy) is 1. The highest BCUT2D eigenvalue weighted by atomic mass is 31.2. The zero-order valence-electron chi connectivity index (χ0n) is 22.9. The smallest absolute Gasteiger partial charge is 0.469 e. The third-order valence-corrected chi connectivity index (χ3v) is 7.31. The molecule has 16 heteroatoms. The Hall–Kier alpha value is -4.01. The standard InChI is InChI=1S/C27H30F2N7O6P/c28-22-5-1-6-23(26(22)29)34-25(37)15-36-14-18(13-32-36)33-27-21-8-7-20(12-24(21)30-17-31-27)41-11-3-10-35-9-2-4-19(35)16-42-43(38,39)40/h1,5-8,12-14,17,19H,2-4,9-11,15-16H2,(H,34,37)(H,30,31,33)(H2,38,39,40)/t19-/m0/s1. The lowest BCUT2D eigenvalue weighted by Gasteiger charge is -2.24. The average Bonchev–Trinajstić information content (AvgIpc) is 3.61. The van der Waals surface area contributed by atoms with Gasteiger partial charge in [-0.05, 0) is 50.1 Å². The number of likely N-dealkylation sites (tertiary alicyclic amines) is 1. The van der Waals surface area contributed by atoms with E-state index in [1.807, 2.05) is 12.1 Å². The van der Waals surface area contributed by atoms with Crippen molar-refractivity contribution in [3.8, 4) is 5.75 Å². The number of anilines is 3. The second-order valence-corrected chi connectivity index (χ2v) is 11.2. The second-order valence-electron chi connectivity index (χ2n) is 9.92. The number of rotatable bonds is 13. The SMILES string of the molecule is O=C(Cn1cc(Nc2ncnc3cc(OCCCN4CCC[C@H]4COP(=O)(O)O)ccc23)cn1)Nc1cccc(F)c1F. The van der Waals surface area contributed by atoms with Crippen molar-refractivity contribution in [3.05, 3.63) is 66.8 Å². The highest BCUT2D eigenvalue weighted by molar-refractivity contribution is 7.46. The minimum absolute atomic E-state index is 0.000203. The number of carbonyl (C=O) groups is 1. The summed E-state index contributed by atoms with van der Waals surface area (Å²) in [7, 11) is -4.48. The van der Waals surface area contributed by atoms with Crippen LogP contribution in [0.3, 0.4) is 0 Å². The normalized spacial score (nSPS) is 15.6. The number of benzene rings is 2. The van der Waals surface area contributed by atoms with Crippen LogP contribution in [0, 0.1) is 11.6 Å². The van der Waals surface area contributed by atoms with Crippen LogP contribution < -0.4 is 15.4 Å². The molecule has 0 unspecified atom stereocenters. The largest absolute Gasteiger partial charge is 0.493 e. The molecule has 4 aromatic rings. The van der Waals surface area contributed by atoms with Gasteiger partial charge in [-0.1, -0.05) is 6.07 Å². The van der Waals surface area contributed by atoms with Gasteiger partial charge in [0.2, 0.25) is 5.91 Å². The van der Waals surface area contributed by atoms with Crippen molar-refractivity contribution in [2.75, 3.05) is 36.9 Å². The third-order valence-electron chi connectivity index (χ3n) is 6.83. The molecule has 1 fully saturated rings. The van der Waals surface area contributed by atoms with E-state index in [9.17, 15) is 18.1 Å². The minimum atomic E-state index is -4.48. The lowest BCUT2D eigenvalue weighted by Crippen LogP contribution is -2.34. The van der Waals surface area contributed by atoms with Gasteiger partial charge in [0.25, 0.3) is 0 Å². The lowest BCUT2D eigenvalue weighted by atomic mass is 10.2. The van der Waals surface area contributed by atoms with Crippen LogP contribution in [0.2, 0.25) is 0 Å². The molecule has 228 valence electrons. The summed E-state index contributed by atoms with van der Waals surface area (Å²) in [5, 5.41) is 10.4. The van der Waals surface area contributed by atoms with Crippen molar-refractivity contribution >= 4 is 41.8 Å². The van der Waals surface area contributed by atoms with Gasteiger partial charge in [0.15, 0.2) is 11.6 Å². The molecule has 1 saturated heterocycles. The van der Waals surface area contributed by atoms with E-state index in [0.29, 0.717) is 29.4 Å². The Balaban J connectivity index is 1.13. The van der Waals surface area contributed by atoms with Gasteiger partial charge >= 0.3 is 7.82 Å². The monoisotopic (exact) mass is 617 g/mol. The minimum Gasteiger partial charge on any atom is -0.493 e. The molecule has 2 aromatic heterocycles. The van der Waals surface area contributed by atoms with Gasteiger partial charge in [0.1, 0.15) is 24.4 Å². The van der Waals surface area contributed by atoms with Crippen LogP contribution >= 0.6 is 7.82 Å². The summed E-state index contributed by atoms with van der Waals surface area (Å²) in [6.45, 7) is 1.79. The van der Waals surface area contributed by atoms with E-state index >= 15 is 0 Å². The summed E-state index contributed by atoms with van der Waals surface area (Å²) >= 11 is 0.